The Morgan fingerprint density at radius 1 is 0.375 bits per heavy atom. The molecule has 0 unspecified atom stereocenters. The van der Waals surface area contributed by atoms with Crippen molar-refractivity contribution in [3.63, 3.8) is 0 Å². The summed E-state index contributed by atoms with van der Waals surface area (Å²) in [4.78, 5) is 0. The van der Waals surface area contributed by atoms with E-state index in [-0.39, 0.29) is 16.2 Å². The molecule has 13 rings (SSSR count). The standard InChI is InChI=1S/C28H29N3S.C22H23N3S.C18H15N3S/c1-27(2,3)16-18-11-9-13-22-23(18)25-26(32-22)24(29-31-30-25)19-14-17-10-7-8-12-20(17)21(15-19)28(4,5)6;1-13-9-14(2)11-16(10-13)19-21-20(24-25-23-19)18-15(12-22(3,4)5)7-6-8-17(18)26-21;1-10-7-11(2)9-13(8-10)16-18-17(20-21-19-16)15-12(3)5-4-6-14(15)22-18/h7-15H,16H2,1-6H3;6-11H,12H2,1-5H3;4-9H,1-3H3. The van der Waals surface area contributed by atoms with E-state index in [1.165, 1.54) is 85.5 Å². The van der Waals surface area contributed by atoms with Gasteiger partial charge in [0.25, 0.3) is 0 Å². The number of thiophene rings is 3. The van der Waals surface area contributed by atoms with Crippen LogP contribution in [0.1, 0.15) is 107 Å². The van der Waals surface area contributed by atoms with Crippen LogP contribution >= 0.6 is 34.0 Å². The highest BCUT2D eigenvalue weighted by Gasteiger charge is 2.24. The molecule has 6 aromatic heterocycles. The zero-order chi connectivity index (χ0) is 56.4. The Bertz CT molecular complexity index is 4470. The number of aromatic nitrogens is 9. The molecule has 402 valence electrons. The Balaban J connectivity index is 0.000000129. The molecular weight excluding hydrogens is 1040 g/mol. The lowest BCUT2D eigenvalue weighted by Crippen LogP contribution is -2.12. The highest BCUT2D eigenvalue weighted by atomic mass is 32.1. The number of rotatable bonds is 5. The second kappa shape index (κ2) is 21.2. The molecular formula is C68H67N9S3. The topological polar surface area (TPSA) is 116 Å². The lowest BCUT2D eigenvalue weighted by atomic mass is 9.82. The number of aryl methyl sites for hydroxylation is 5. The number of benzene rings is 7. The molecule has 9 nitrogen and oxygen atoms in total. The zero-order valence-electron chi connectivity index (χ0n) is 48.3. The smallest absolute Gasteiger partial charge is 0.116 e. The lowest BCUT2D eigenvalue weighted by molar-refractivity contribution is 0.412. The third-order valence-corrected chi connectivity index (χ3v) is 17.8. The van der Waals surface area contributed by atoms with Crippen molar-refractivity contribution in [1.82, 2.24) is 46.2 Å². The first kappa shape index (κ1) is 54.4. The molecule has 0 N–H and O–H groups in total. The molecule has 0 aliphatic carbocycles. The van der Waals surface area contributed by atoms with E-state index in [4.69, 9.17) is 0 Å². The maximum atomic E-state index is 4.56. The fourth-order valence-electron chi connectivity index (χ4n) is 11.2. The minimum atomic E-state index is 0.0230. The van der Waals surface area contributed by atoms with Gasteiger partial charge in [-0.05, 0) is 167 Å². The molecule has 7 aromatic carbocycles. The van der Waals surface area contributed by atoms with Gasteiger partial charge in [-0.25, -0.2) is 0 Å². The van der Waals surface area contributed by atoms with E-state index in [0.717, 1.165) is 77.3 Å². The Kier molecular flexibility index (Phi) is 14.4. The Labute approximate surface area is 480 Å². The van der Waals surface area contributed by atoms with Crippen LogP contribution in [0.2, 0.25) is 0 Å². The summed E-state index contributed by atoms with van der Waals surface area (Å²) in [7, 11) is 0. The van der Waals surface area contributed by atoms with Gasteiger partial charge >= 0.3 is 0 Å². The molecule has 0 atom stereocenters. The van der Waals surface area contributed by atoms with Crippen LogP contribution < -0.4 is 0 Å². The number of nitrogens with zero attached hydrogens (tertiary/aromatic N) is 9. The van der Waals surface area contributed by atoms with Crippen LogP contribution in [-0.4, -0.2) is 46.2 Å². The van der Waals surface area contributed by atoms with Gasteiger partial charge < -0.3 is 0 Å². The van der Waals surface area contributed by atoms with E-state index in [1.807, 2.05) is 0 Å². The molecule has 6 heterocycles. The minimum Gasteiger partial charge on any atom is -0.131 e. The van der Waals surface area contributed by atoms with Gasteiger partial charge in [-0.15, -0.1) is 64.6 Å². The Morgan fingerprint density at radius 2 is 0.762 bits per heavy atom. The monoisotopic (exact) mass is 1110 g/mol. The van der Waals surface area contributed by atoms with Crippen LogP contribution in [-0.2, 0) is 18.3 Å². The quantitative estimate of drug-likeness (QED) is 0.166. The fraction of sp³-hybridized carbons (Fsp3) is 0.279. The highest BCUT2D eigenvalue weighted by molar-refractivity contribution is 7.27. The van der Waals surface area contributed by atoms with Crippen molar-refractivity contribution in [2.45, 2.75) is 115 Å². The molecule has 0 aliphatic heterocycles. The molecule has 0 bridgehead atoms. The number of fused-ring (bicyclic) bond motifs is 10. The molecule has 0 radical (unpaired) electrons. The van der Waals surface area contributed by atoms with Gasteiger partial charge in [0.2, 0.25) is 0 Å². The van der Waals surface area contributed by atoms with Gasteiger partial charge in [0.05, 0.1) is 14.1 Å². The van der Waals surface area contributed by atoms with Gasteiger partial charge in [-0.2, -0.15) is 0 Å². The highest BCUT2D eigenvalue weighted by Crippen LogP contribution is 2.44. The molecule has 0 aliphatic rings. The third kappa shape index (κ3) is 11.1. The summed E-state index contributed by atoms with van der Waals surface area (Å²) in [6, 6.07) is 45.7. The number of hydrogen-bond acceptors (Lipinski definition) is 12. The second-order valence-electron chi connectivity index (χ2n) is 25.0. The van der Waals surface area contributed by atoms with Crippen molar-refractivity contribution >= 4 is 106 Å². The van der Waals surface area contributed by atoms with E-state index in [0.29, 0.717) is 0 Å². The summed E-state index contributed by atoms with van der Waals surface area (Å²) in [6.45, 7) is 31.0. The zero-order valence-corrected chi connectivity index (χ0v) is 50.7. The third-order valence-electron chi connectivity index (χ3n) is 14.3. The van der Waals surface area contributed by atoms with Crippen molar-refractivity contribution in [3.8, 4) is 33.8 Å². The van der Waals surface area contributed by atoms with E-state index in [1.54, 1.807) is 34.0 Å². The van der Waals surface area contributed by atoms with Crippen molar-refractivity contribution < 1.29 is 0 Å². The van der Waals surface area contributed by atoms with Crippen LogP contribution in [0.5, 0.6) is 0 Å². The van der Waals surface area contributed by atoms with Crippen LogP contribution in [0.4, 0.5) is 0 Å². The minimum absolute atomic E-state index is 0.0230. The largest absolute Gasteiger partial charge is 0.131 e. The van der Waals surface area contributed by atoms with Gasteiger partial charge in [-0.3, -0.25) is 0 Å². The predicted octanol–water partition coefficient (Wildman–Crippen LogP) is 18.9. The average molecular weight is 1110 g/mol. The van der Waals surface area contributed by atoms with Crippen molar-refractivity contribution in [3.05, 3.63) is 172 Å². The molecule has 0 fully saturated rings. The molecule has 0 spiro atoms. The molecule has 0 saturated carbocycles. The molecule has 80 heavy (non-hydrogen) atoms. The van der Waals surface area contributed by atoms with Crippen LogP contribution in [0.3, 0.4) is 0 Å². The average Bonchev–Trinajstić information content (AvgIpc) is 3.94. The first-order chi connectivity index (χ1) is 38.1. The van der Waals surface area contributed by atoms with Crippen LogP contribution in [0, 0.1) is 45.4 Å². The summed E-state index contributed by atoms with van der Waals surface area (Å²) in [5, 5.41) is 45.1. The van der Waals surface area contributed by atoms with Gasteiger partial charge in [-0.1, -0.05) is 157 Å². The van der Waals surface area contributed by atoms with E-state index in [2.05, 4.69) is 271 Å². The summed E-state index contributed by atoms with van der Waals surface area (Å²) >= 11 is 5.29. The van der Waals surface area contributed by atoms with Gasteiger partial charge in [0, 0.05) is 46.9 Å². The predicted molar refractivity (Wildman–Crippen MR) is 341 cm³/mol. The number of hydrogen-bond donors (Lipinski definition) is 0. The summed E-state index contributed by atoms with van der Waals surface area (Å²) in [6.07, 6.45) is 2.01. The Hall–Kier alpha value is -7.51. The first-order valence-electron chi connectivity index (χ1n) is 27.4. The van der Waals surface area contributed by atoms with Crippen molar-refractivity contribution in [2.24, 2.45) is 10.8 Å². The van der Waals surface area contributed by atoms with Crippen molar-refractivity contribution in [1.29, 1.82) is 0 Å². The normalized spacial score (nSPS) is 12.2. The molecule has 0 amide bonds. The summed E-state index contributed by atoms with van der Waals surface area (Å²) < 4.78 is 7.11. The lowest BCUT2D eigenvalue weighted by Gasteiger charge is -2.22. The van der Waals surface area contributed by atoms with Gasteiger partial charge in [0.15, 0.2) is 0 Å². The fourth-order valence-corrected chi connectivity index (χ4v) is 14.8. The summed E-state index contributed by atoms with van der Waals surface area (Å²) in [5.41, 5.74) is 19.7. The first-order valence-corrected chi connectivity index (χ1v) is 29.8. The van der Waals surface area contributed by atoms with E-state index >= 15 is 0 Å². The van der Waals surface area contributed by atoms with E-state index in [9.17, 15) is 0 Å². The van der Waals surface area contributed by atoms with Crippen LogP contribution in [0.15, 0.2) is 127 Å². The molecule has 12 heteroatoms. The van der Waals surface area contributed by atoms with Crippen molar-refractivity contribution in [2.75, 3.05) is 0 Å². The second-order valence-corrected chi connectivity index (χ2v) is 28.2. The SMILES string of the molecule is CC(C)(C)Cc1cccc2sc3c(-c4cc(C(C)(C)C)c5ccccc5c4)nnnc3c12.Cc1cc(C)cc(-c2nnnc3c2sc2cccc(C)c23)c1.Cc1cc(C)cc(-c2nnnc3c2sc2cccc(CC(C)(C)C)c23)c1. The van der Waals surface area contributed by atoms with Crippen LogP contribution in [0.25, 0.3) is 105 Å². The Morgan fingerprint density at radius 3 is 1.19 bits per heavy atom. The maximum Gasteiger partial charge on any atom is 0.116 e. The van der Waals surface area contributed by atoms with Gasteiger partial charge in [0.1, 0.15) is 33.6 Å². The summed E-state index contributed by atoms with van der Waals surface area (Å²) in [5.74, 6) is 0. The molecule has 0 saturated heterocycles. The molecule has 13 aromatic rings. The van der Waals surface area contributed by atoms with E-state index < -0.39 is 0 Å². The maximum absolute atomic E-state index is 4.56.